The molecule has 0 amide bonds. The van der Waals surface area contributed by atoms with Gasteiger partial charge in [-0.25, -0.2) is 4.98 Å². The van der Waals surface area contributed by atoms with Crippen LogP contribution in [0.25, 0.3) is 11.3 Å². The fourth-order valence-electron chi connectivity index (χ4n) is 2.07. The van der Waals surface area contributed by atoms with Gasteiger partial charge in [0.2, 0.25) is 0 Å². The summed E-state index contributed by atoms with van der Waals surface area (Å²) >= 11 is 0. The Labute approximate surface area is 99.5 Å². The van der Waals surface area contributed by atoms with Gasteiger partial charge < -0.3 is 10.5 Å². The predicted molar refractivity (Wildman–Crippen MR) is 65.7 cm³/mol. The molecule has 0 saturated heterocycles. The van der Waals surface area contributed by atoms with Crippen LogP contribution in [0.4, 0.5) is 5.82 Å². The van der Waals surface area contributed by atoms with Crippen molar-refractivity contribution in [3.05, 3.63) is 36.2 Å². The van der Waals surface area contributed by atoms with Crippen molar-refractivity contribution in [1.29, 1.82) is 0 Å². The SMILES string of the molecule is CC1Cc2cc(-c3cnc(N)cn3)ccc2O1. The minimum Gasteiger partial charge on any atom is -0.490 e. The highest BCUT2D eigenvalue weighted by atomic mass is 16.5. The lowest BCUT2D eigenvalue weighted by Crippen LogP contribution is -2.05. The van der Waals surface area contributed by atoms with Crippen molar-refractivity contribution in [2.24, 2.45) is 0 Å². The minimum atomic E-state index is 0.262. The molecule has 1 aromatic heterocycles. The molecule has 1 aromatic carbocycles. The average Bonchev–Trinajstić information content (AvgIpc) is 2.69. The number of rotatable bonds is 1. The van der Waals surface area contributed by atoms with E-state index in [-0.39, 0.29) is 6.10 Å². The number of fused-ring (bicyclic) bond motifs is 1. The summed E-state index contributed by atoms with van der Waals surface area (Å²) in [7, 11) is 0. The maximum absolute atomic E-state index is 5.66. The summed E-state index contributed by atoms with van der Waals surface area (Å²) in [6, 6.07) is 6.10. The first kappa shape index (κ1) is 10.1. The van der Waals surface area contributed by atoms with Crippen LogP contribution in [0.3, 0.4) is 0 Å². The summed E-state index contributed by atoms with van der Waals surface area (Å²) in [6.45, 7) is 2.07. The molecule has 0 aliphatic carbocycles. The van der Waals surface area contributed by atoms with Gasteiger partial charge in [0.15, 0.2) is 0 Å². The van der Waals surface area contributed by atoms with Crippen LogP contribution in [0.2, 0.25) is 0 Å². The van der Waals surface area contributed by atoms with Gasteiger partial charge in [0.05, 0.1) is 18.1 Å². The van der Waals surface area contributed by atoms with E-state index in [1.54, 1.807) is 12.4 Å². The lowest BCUT2D eigenvalue weighted by molar-refractivity contribution is 0.254. The van der Waals surface area contributed by atoms with E-state index in [1.165, 1.54) is 5.56 Å². The Balaban J connectivity index is 2.00. The van der Waals surface area contributed by atoms with Gasteiger partial charge in [-0.15, -0.1) is 0 Å². The van der Waals surface area contributed by atoms with Crippen LogP contribution in [-0.2, 0) is 6.42 Å². The van der Waals surface area contributed by atoms with Crippen LogP contribution in [0, 0.1) is 0 Å². The summed E-state index contributed by atoms with van der Waals surface area (Å²) < 4.78 is 5.66. The van der Waals surface area contributed by atoms with Crippen molar-refractivity contribution >= 4 is 5.82 Å². The van der Waals surface area contributed by atoms with Crippen molar-refractivity contribution in [2.75, 3.05) is 5.73 Å². The second-order valence-corrected chi connectivity index (χ2v) is 4.28. The molecular weight excluding hydrogens is 214 g/mol. The molecule has 17 heavy (non-hydrogen) atoms. The molecule has 2 aromatic rings. The summed E-state index contributed by atoms with van der Waals surface area (Å²) in [6.07, 6.45) is 4.47. The zero-order chi connectivity index (χ0) is 11.8. The minimum absolute atomic E-state index is 0.262. The molecule has 1 aliphatic rings. The molecule has 1 unspecified atom stereocenters. The molecule has 0 bridgehead atoms. The Morgan fingerprint density at radius 3 is 2.94 bits per heavy atom. The molecule has 0 fully saturated rings. The van der Waals surface area contributed by atoms with E-state index in [9.17, 15) is 0 Å². The molecule has 0 saturated carbocycles. The second kappa shape index (κ2) is 3.73. The molecular formula is C13H13N3O. The van der Waals surface area contributed by atoms with Gasteiger partial charge in [-0.05, 0) is 30.7 Å². The molecule has 1 aliphatic heterocycles. The first-order chi connectivity index (χ1) is 8.22. The Bertz CT molecular complexity index is 551. The smallest absolute Gasteiger partial charge is 0.141 e. The standard InChI is InChI=1S/C13H13N3O/c1-8-4-10-5-9(2-3-12(10)17-8)11-6-16-13(14)7-15-11/h2-3,5-8H,4H2,1H3,(H2,14,16). The average molecular weight is 227 g/mol. The Kier molecular flexibility index (Phi) is 2.21. The highest BCUT2D eigenvalue weighted by Gasteiger charge is 2.19. The van der Waals surface area contributed by atoms with Gasteiger partial charge in [0.25, 0.3) is 0 Å². The predicted octanol–water partition coefficient (Wildman–Crippen LogP) is 2.05. The number of ether oxygens (including phenoxy) is 1. The zero-order valence-corrected chi connectivity index (χ0v) is 9.55. The number of hydrogen-bond donors (Lipinski definition) is 1. The van der Waals surface area contributed by atoms with Crippen LogP contribution in [0.5, 0.6) is 5.75 Å². The maximum Gasteiger partial charge on any atom is 0.141 e. The van der Waals surface area contributed by atoms with E-state index >= 15 is 0 Å². The molecule has 4 heteroatoms. The van der Waals surface area contributed by atoms with Gasteiger partial charge in [0, 0.05) is 12.0 Å². The number of nitrogens with two attached hydrogens (primary N) is 1. The zero-order valence-electron chi connectivity index (χ0n) is 9.55. The van der Waals surface area contributed by atoms with Crippen LogP contribution in [-0.4, -0.2) is 16.1 Å². The summed E-state index contributed by atoms with van der Waals surface area (Å²) in [5, 5.41) is 0. The molecule has 0 radical (unpaired) electrons. The van der Waals surface area contributed by atoms with Crippen LogP contribution < -0.4 is 10.5 Å². The van der Waals surface area contributed by atoms with E-state index in [4.69, 9.17) is 10.5 Å². The number of nitrogens with zero attached hydrogens (tertiary/aromatic N) is 2. The van der Waals surface area contributed by atoms with E-state index in [2.05, 4.69) is 23.0 Å². The first-order valence-corrected chi connectivity index (χ1v) is 5.60. The largest absolute Gasteiger partial charge is 0.490 e. The molecule has 0 spiro atoms. The number of hydrogen-bond acceptors (Lipinski definition) is 4. The summed E-state index contributed by atoms with van der Waals surface area (Å²) in [4.78, 5) is 8.31. The lowest BCUT2D eigenvalue weighted by Gasteiger charge is -2.04. The van der Waals surface area contributed by atoms with E-state index in [0.717, 1.165) is 23.4 Å². The highest BCUT2D eigenvalue weighted by molar-refractivity contribution is 5.62. The maximum atomic E-state index is 5.66. The van der Waals surface area contributed by atoms with Crippen LogP contribution >= 0.6 is 0 Å². The Morgan fingerprint density at radius 2 is 2.18 bits per heavy atom. The molecule has 86 valence electrons. The fraction of sp³-hybridized carbons (Fsp3) is 0.231. The van der Waals surface area contributed by atoms with Gasteiger partial charge >= 0.3 is 0 Å². The molecule has 2 heterocycles. The van der Waals surface area contributed by atoms with Crippen molar-refractivity contribution in [3.63, 3.8) is 0 Å². The summed E-state index contributed by atoms with van der Waals surface area (Å²) in [5.74, 6) is 1.41. The molecule has 3 rings (SSSR count). The van der Waals surface area contributed by atoms with Crippen LogP contribution in [0.1, 0.15) is 12.5 Å². The van der Waals surface area contributed by atoms with Gasteiger partial charge in [0.1, 0.15) is 17.7 Å². The fourth-order valence-corrected chi connectivity index (χ4v) is 2.07. The molecule has 2 N–H and O–H groups in total. The highest BCUT2D eigenvalue weighted by Crippen LogP contribution is 2.32. The third-order valence-corrected chi connectivity index (χ3v) is 2.86. The Morgan fingerprint density at radius 1 is 1.29 bits per heavy atom. The lowest BCUT2D eigenvalue weighted by atomic mass is 10.1. The van der Waals surface area contributed by atoms with Crippen molar-refractivity contribution < 1.29 is 4.74 Å². The van der Waals surface area contributed by atoms with E-state index in [1.807, 2.05) is 12.1 Å². The first-order valence-electron chi connectivity index (χ1n) is 5.60. The van der Waals surface area contributed by atoms with Crippen molar-refractivity contribution in [2.45, 2.75) is 19.4 Å². The number of aromatic nitrogens is 2. The third kappa shape index (κ3) is 1.82. The third-order valence-electron chi connectivity index (χ3n) is 2.86. The number of anilines is 1. The Hall–Kier alpha value is -2.10. The van der Waals surface area contributed by atoms with Crippen molar-refractivity contribution in [1.82, 2.24) is 9.97 Å². The molecule has 1 atom stereocenters. The second-order valence-electron chi connectivity index (χ2n) is 4.28. The normalized spacial score (nSPS) is 17.6. The van der Waals surface area contributed by atoms with E-state index < -0.39 is 0 Å². The number of nitrogen functional groups attached to an aromatic ring is 1. The van der Waals surface area contributed by atoms with Crippen molar-refractivity contribution in [3.8, 4) is 17.0 Å². The monoisotopic (exact) mass is 227 g/mol. The van der Waals surface area contributed by atoms with Gasteiger partial charge in [-0.3, -0.25) is 4.98 Å². The molecule has 4 nitrogen and oxygen atoms in total. The van der Waals surface area contributed by atoms with Crippen LogP contribution in [0.15, 0.2) is 30.6 Å². The van der Waals surface area contributed by atoms with Gasteiger partial charge in [-0.2, -0.15) is 0 Å². The topological polar surface area (TPSA) is 61.0 Å². The van der Waals surface area contributed by atoms with E-state index in [0.29, 0.717) is 5.82 Å². The number of benzene rings is 1. The summed E-state index contributed by atoms with van der Waals surface area (Å²) in [5.41, 5.74) is 8.63. The van der Waals surface area contributed by atoms with Gasteiger partial charge in [-0.1, -0.05) is 0 Å². The quantitative estimate of drug-likeness (QED) is 0.810.